The van der Waals surface area contributed by atoms with Crippen molar-refractivity contribution in [3.8, 4) is 0 Å². The standard InChI is InChI=1S/C11H19F3N2S/c12-11(13,14)8-16-4-1-9(2-5-16)15-10-3-6-17-7-10/h9-10,15H,1-8H2. The third-order valence-corrected chi connectivity index (χ3v) is 4.55. The van der Waals surface area contributed by atoms with E-state index in [1.54, 1.807) is 0 Å². The fourth-order valence-electron chi connectivity index (χ4n) is 2.51. The summed E-state index contributed by atoms with van der Waals surface area (Å²) < 4.78 is 36.6. The molecule has 2 rings (SSSR count). The van der Waals surface area contributed by atoms with Crippen LogP contribution in [0.5, 0.6) is 0 Å². The first-order valence-electron chi connectivity index (χ1n) is 6.16. The zero-order valence-electron chi connectivity index (χ0n) is 9.80. The van der Waals surface area contributed by atoms with Gasteiger partial charge in [0.2, 0.25) is 0 Å². The number of halogens is 3. The van der Waals surface area contributed by atoms with Crippen molar-refractivity contribution in [3.05, 3.63) is 0 Å². The molecule has 6 heteroatoms. The first-order valence-corrected chi connectivity index (χ1v) is 7.31. The molecule has 1 unspecified atom stereocenters. The first kappa shape index (κ1) is 13.5. The summed E-state index contributed by atoms with van der Waals surface area (Å²) in [5.74, 6) is 2.37. The summed E-state index contributed by atoms with van der Waals surface area (Å²) in [6.07, 6.45) is -1.16. The second-order valence-corrected chi connectivity index (χ2v) is 6.04. The Morgan fingerprint density at radius 3 is 2.35 bits per heavy atom. The average molecular weight is 268 g/mol. The van der Waals surface area contributed by atoms with E-state index >= 15 is 0 Å². The van der Waals surface area contributed by atoms with Gasteiger partial charge in [-0.3, -0.25) is 4.90 Å². The van der Waals surface area contributed by atoms with Gasteiger partial charge in [0.25, 0.3) is 0 Å². The summed E-state index contributed by atoms with van der Waals surface area (Å²) in [5, 5.41) is 3.57. The van der Waals surface area contributed by atoms with Gasteiger partial charge in [-0.25, -0.2) is 0 Å². The lowest BCUT2D eigenvalue weighted by atomic mass is 10.0. The van der Waals surface area contributed by atoms with Gasteiger partial charge in [0.1, 0.15) is 0 Å². The molecule has 2 aliphatic rings. The number of alkyl halides is 3. The van der Waals surface area contributed by atoms with E-state index < -0.39 is 12.7 Å². The molecule has 2 saturated heterocycles. The molecule has 2 heterocycles. The number of rotatable bonds is 3. The summed E-state index contributed by atoms with van der Waals surface area (Å²) >= 11 is 1.96. The Labute approximate surface area is 104 Å². The number of hydrogen-bond acceptors (Lipinski definition) is 3. The van der Waals surface area contributed by atoms with Gasteiger partial charge >= 0.3 is 6.18 Å². The minimum Gasteiger partial charge on any atom is -0.310 e. The normalized spacial score (nSPS) is 28.8. The third-order valence-electron chi connectivity index (χ3n) is 3.39. The van der Waals surface area contributed by atoms with E-state index in [0.29, 0.717) is 25.2 Å². The molecule has 0 bridgehead atoms. The minimum absolute atomic E-state index is 0.420. The predicted octanol–water partition coefficient (Wildman–Crippen LogP) is 2.11. The maximum atomic E-state index is 12.2. The Hall–Kier alpha value is 0.0600. The van der Waals surface area contributed by atoms with E-state index in [-0.39, 0.29) is 0 Å². The molecular weight excluding hydrogens is 249 g/mol. The van der Waals surface area contributed by atoms with Crippen LogP contribution in [-0.4, -0.2) is 54.3 Å². The third kappa shape index (κ3) is 4.67. The lowest BCUT2D eigenvalue weighted by Crippen LogP contribution is -2.48. The molecule has 2 nitrogen and oxygen atoms in total. The highest BCUT2D eigenvalue weighted by atomic mass is 32.2. The number of likely N-dealkylation sites (tertiary alicyclic amines) is 1. The van der Waals surface area contributed by atoms with Crippen LogP contribution in [0.1, 0.15) is 19.3 Å². The minimum atomic E-state index is -4.05. The monoisotopic (exact) mass is 268 g/mol. The van der Waals surface area contributed by atoms with Crippen LogP contribution < -0.4 is 5.32 Å². The molecule has 17 heavy (non-hydrogen) atoms. The van der Waals surface area contributed by atoms with Gasteiger partial charge in [0, 0.05) is 17.8 Å². The van der Waals surface area contributed by atoms with E-state index in [1.165, 1.54) is 17.1 Å². The average Bonchev–Trinajstić information content (AvgIpc) is 2.71. The molecule has 1 atom stereocenters. The van der Waals surface area contributed by atoms with E-state index in [2.05, 4.69) is 5.32 Å². The molecule has 0 aromatic rings. The second-order valence-electron chi connectivity index (χ2n) is 4.89. The van der Waals surface area contributed by atoms with E-state index in [4.69, 9.17) is 0 Å². The number of piperidine rings is 1. The zero-order chi connectivity index (χ0) is 12.3. The van der Waals surface area contributed by atoms with Crippen molar-refractivity contribution in [1.29, 1.82) is 0 Å². The molecule has 0 saturated carbocycles. The van der Waals surface area contributed by atoms with Gasteiger partial charge in [-0.2, -0.15) is 24.9 Å². The summed E-state index contributed by atoms with van der Waals surface area (Å²) in [6, 6.07) is 1.00. The fourth-order valence-corrected chi connectivity index (χ4v) is 3.68. The summed E-state index contributed by atoms with van der Waals surface area (Å²) in [7, 11) is 0. The van der Waals surface area contributed by atoms with E-state index in [9.17, 15) is 13.2 Å². The van der Waals surface area contributed by atoms with Crippen molar-refractivity contribution >= 4 is 11.8 Å². The molecule has 0 aromatic heterocycles. The molecular formula is C11H19F3N2S. The Morgan fingerprint density at radius 1 is 1.12 bits per heavy atom. The summed E-state index contributed by atoms with van der Waals surface area (Å²) in [4.78, 5) is 1.52. The van der Waals surface area contributed by atoms with Gasteiger partial charge in [-0.1, -0.05) is 0 Å². The van der Waals surface area contributed by atoms with Gasteiger partial charge in [0.05, 0.1) is 6.54 Å². The zero-order valence-corrected chi connectivity index (χ0v) is 10.6. The van der Waals surface area contributed by atoms with Gasteiger partial charge < -0.3 is 5.32 Å². The number of nitrogens with one attached hydrogen (secondary N) is 1. The maximum Gasteiger partial charge on any atom is 0.401 e. The highest BCUT2D eigenvalue weighted by Gasteiger charge is 2.32. The molecule has 2 aliphatic heterocycles. The molecule has 2 fully saturated rings. The second kappa shape index (κ2) is 5.80. The Morgan fingerprint density at radius 2 is 1.82 bits per heavy atom. The van der Waals surface area contributed by atoms with Crippen molar-refractivity contribution in [3.63, 3.8) is 0 Å². The molecule has 1 N–H and O–H groups in total. The van der Waals surface area contributed by atoms with E-state index in [0.717, 1.165) is 18.6 Å². The predicted molar refractivity (Wildman–Crippen MR) is 64.4 cm³/mol. The van der Waals surface area contributed by atoms with Gasteiger partial charge in [-0.15, -0.1) is 0 Å². The van der Waals surface area contributed by atoms with Gasteiger partial charge in [0.15, 0.2) is 0 Å². The van der Waals surface area contributed by atoms with Crippen LogP contribution in [0.3, 0.4) is 0 Å². The smallest absolute Gasteiger partial charge is 0.310 e. The maximum absolute atomic E-state index is 12.2. The van der Waals surface area contributed by atoms with Crippen LogP contribution >= 0.6 is 11.8 Å². The molecule has 0 aliphatic carbocycles. The topological polar surface area (TPSA) is 15.3 Å². The Balaban J connectivity index is 1.67. The summed E-state index contributed by atoms with van der Waals surface area (Å²) in [6.45, 7) is 0.382. The van der Waals surface area contributed by atoms with Crippen LogP contribution in [0, 0.1) is 0 Å². The van der Waals surface area contributed by atoms with Crippen LogP contribution in [0.15, 0.2) is 0 Å². The van der Waals surface area contributed by atoms with Crippen molar-refractivity contribution < 1.29 is 13.2 Å². The van der Waals surface area contributed by atoms with Crippen LogP contribution in [0.2, 0.25) is 0 Å². The van der Waals surface area contributed by atoms with Crippen molar-refractivity contribution in [2.24, 2.45) is 0 Å². The molecule has 0 spiro atoms. The van der Waals surface area contributed by atoms with Crippen LogP contribution in [-0.2, 0) is 0 Å². The van der Waals surface area contributed by atoms with Crippen LogP contribution in [0.4, 0.5) is 13.2 Å². The lowest BCUT2D eigenvalue weighted by Gasteiger charge is -2.34. The van der Waals surface area contributed by atoms with Crippen molar-refractivity contribution in [1.82, 2.24) is 10.2 Å². The van der Waals surface area contributed by atoms with Gasteiger partial charge in [-0.05, 0) is 38.1 Å². The lowest BCUT2D eigenvalue weighted by molar-refractivity contribution is -0.148. The Bertz CT molecular complexity index is 233. The molecule has 0 aromatic carbocycles. The largest absolute Gasteiger partial charge is 0.401 e. The number of hydrogen-bond donors (Lipinski definition) is 1. The number of thioether (sulfide) groups is 1. The molecule has 0 amide bonds. The molecule has 0 radical (unpaired) electrons. The highest BCUT2D eigenvalue weighted by molar-refractivity contribution is 7.99. The number of nitrogens with zero attached hydrogens (tertiary/aromatic N) is 1. The summed E-state index contributed by atoms with van der Waals surface area (Å²) in [5.41, 5.74) is 0. The Kier molecular flexibility index (Phi) is 4.60. The fraction of sp³-hybridized carbons (Fsp3) is 1.00. The quantitative estimate of drug-likeness (QED) is 0.844. The van der Waals surface area contributed by atoms with E-state index in [1.807, 2.05) is 11.8 Å². The SMILES string of the molecule is FC(F)(F)CN1CCC(NC2CCSC2)CC1. The highest BCUT2D eigenvalue weighted by Crippen LogP contribution is 2.22. The van der Waals surface area contributed by atoms with Crippen molar-refractivity contribution in [2.75, 3.05) is 31.1 Å². The first-order chi connectivity index (χ1) is 8.03. The van der Waals surface area contributed by atoms with Crippen LogP contribution in [0.25, 0.3) is 0 Å². The van der Waals surface area contributed by atoms with Crippen molar-refractivity contribution in [2.45, 2.75) is 37.5 Å². The molecule has 100 valence electrons.